The minimum absolute atomic E-state index is 0.483. The minimum Gasteiger partial charge on any atom is -0.365 e. The second-order valence-electron chi connectivity index (χ2n) is 6.09. The molecule has 0 bridgehead atoms. The van der Waals surface area contributed by atoms with Gasteiger partial charge in [-0.15, -0.1) is 0 Å². The zero-order chi connectivity index (χ0) is 14.3. The lowest BCUT2D eigenvalue weighted by atomic mass is 10.0. The fourth-order valence-electron chi connectivity index (χ4n) is 3.19. The van der Waals surface area contributed by atoms with Crippen molar-refractivity contribution in [1.29, 1.82) is 0 Å². The van der Waals surface area contributed by atoms with Crippen LogP contribution in [0.2, 0.25) is 0 Å². The molecule has 108 valence electrons. The molecule has 0 aromatic carbocycles. The van der Waals surface area contributed by atoms with Crippen LogP contribution in [0, 0.1) is 12.3 Å². The maximum Gasteiger partial charge on any atom is 0.160 e. The molecule has 1 atom stereocenters. The highest BCUT2D eigenvalue weighted by molar-refractivity contribution is 5.60. The van der Waals surface area contributed by atoms with Crippen LogP contribution in [-0.2, 0) is 0 Å². The van der Waals surface area contributed by atoms with Gasteiger partial charge in [0.15, 0.2) is 5.82 Å². The van der Waals surface area contributed by atoms with Gasteiger partial charge in [-0.05, 0) is 38.0 Å². The predicted molar refractivity (Wildman–Crippen MR) is 81.9 cm³/mol. The van der Waals surface area contributed by atoms with E-state index < -0.39 is 0 Å². The van der Waals surface area contributed by atoms with Crippen molar-refractivity contribution in [3.05, 3.63) is 36.3 Å². The van der Waals surface area contributed by atoms with E-state index in [1.165, 1.54) is 12.8 Å². The van der Waals surface area contributed by atoms with Crippen LogP contribution in [0.25, 0.3) is 11.4 Å². The quantitative estimate of drug-likeness (QED) is 0.901. The van der Waals surface area contributed by atoms with E-state index in [1.807, 2.05) is 19.1 Å². The lowest BCUT2D eigenvalue weighted by Crippen LogP contribution is -2.29. The second-order valence-corrected chi connectivity index (χ2v) is 6.09. The van der Waals surface area contributed by atoms with Crippen LogP contribution in [0.1, 0.15) is 18.5 Å². The Morgan fingerprint density at radius 3 is 2.76 bits per heavy atom. The SMILES string of the molecule is Cc1nc(NC2CNCC23CC3)ccc1-c1ncccn1. The smallest absolute Gasteiger partial charge is 0.160 e. The topological polar surface area (TPSA) is 62.7 Å². The van der Waals surface area contributed by atoms with E-state index in [1.54, 1.807) is 12.4 Å². The van der Waals surface area contributed by atoms with Crippen molar-refractivity contribution in [3.8, 4) is 11.4 Å². The van der Waals surface area contributed by atoms with E-state index in [9.17, 15) is 0 Å². The minimum atomic E-state index is 0.483. The third-order valence-electron chi connectivity index (χ3n) is 4.67. The number of anilines is 1. The number of hydrogen-bond donors (Lipinski definition) is 2. The van der Waals surface area contributed by atoms with Crippen LogP contribution in [0.4, 0.5) is 5.82 Å². The van der Waals surface area contributed by atoms with Gasteiger partial charge in [0.25, 0.3) is 0 Å². The molecule has 1 unspecified atom stereocenters. The Hall–Kier alpha value is -2.01. The second kappa shape index (κ2) is 4.77. The molecule has 5 nitrogen and oxygen atoms in total. The molecule has 5 heteroatoms. The van der Waals surface area contributed by atoms with Gasteiger partial charge in [-0.3, -0.25) is 0 Å². The van der Waals surface area contributed by atoms with Crippen LogP contribution >= 0.6 is 0 Å². The highest BCUT2D eigenvalue weighted by atomic mass is 15.1. The van der Waals surface area contributed by atoms with Gasteiger partial charge in [0, 0.05) is 42.5 Å². The summed E-state index contributed by atoms with van der Waals surface area (Å²) in [7, 11) is 0. The molecule has 2 aromatic heterocycles. The van der Waals surface area contributed by atoms with E-state index in [0.717, 1.165) is 36.0 Å². The summed E-state index contributed by atoms with van der Waals surface area (Å²) in [5.41, 5.74) is 2.44. The van der Waals surface area contributed by atoms with Gasteiger partial charge in [0.05, 0.1) is 5.69 Å². The van der Waals surface area contributed by atoms with Gasteiger partial charge in [-0.2, -0.15) is 0 Å². The largest absolute Gasteiger partial charge is 0.365 e. The number of nitrogens with one attached hydrogen (secondary N) is 2. The molecule has 2 aromatic rings. The van der Waals surface area contributed by atoms with E-state index >= 15 is 0 Å². The molecule has 0 radical (unpaired) electrons. The Kier molecular flexibility index (Phi) is 2.89. The van der Waals surface area contributed by atoms with Crippen molar-refractivity contribution in [3.63, 3.8) is 0 Å². The van der Waals surface area contributed by atoms with E-state index in [0.29, 0.717) is 11.5 Å². The third-order valence-corrected chi connectivity index (χ3v) is 4.67. The number of aryl methyl sites for hydroxylation is 1. The van der Waals surface area contributed by atoms with E-state index in [2.05, 4.69) is 31.7 Å². The van der Waals surface area contributed by atoms with Crippen LogP contribution in [0.15, 0.2) is 30.6 Å². The summed E-state index contributed by atoms with van der Waals surface area (Å²) in [6.07, 6.45) is 6.17. The first kappa shape index (κ1) is 12.7. The van der Waals surface area contributed by atoms with Gasteiger partial charge in [0.1, 0.15) is 5.82 Å². The first-order chi connectivity index (χ1) is 10.3. The van der Waals surface area contributed by atoms with Crippen molar-refractivity contribution in [2.24, 2.45) is 5.41 Å². The van der Waals surface area contributed by atoms with E-state index in [4.69, 9.17) is 0 Å². The maximum absolute atomic E-state index is 4.69. The average molecular weight is 281 g/mol. The standard InChI is InChI=1S/C16H19N5/c1-11-12(15-18-7-2-8-19-15)3-4-14(20-11)21-13-9-17-10-16(13)5-6-16/h2-4,7-8,13,17H,5-6,9-10H2,1H3,(H,20,21). The van der Waals surface area contributed by atoms with Gasteiger partial charge in [-0.25, -0.2) is 15.0 Å². The Balaban J connectivity index is 1.57. The highest BCUT2D eigenvalue weighted by Gasteiger charge is 2.52. The predicted octanol–water partition coefficient (Wildman–Crippen LogP) is 2.01. The molecule has 4 rings (SSSR count). The molecule has 2 N–H and O–H groups in total. The van der Waals surface area contributed by atoms with E-state index in [-0.39, 0.29) is 0 Å². The Bertz CT molecular complexity index is 651. The Morgan fingerprint density at radius 1 is 1.24 bits per heavy atom. The van der Waals surface area contributed by atoms with Gasteiger partial charge >= 0.3 is 0 Å². The lowest BCUT2D eigenvalue weighted by molar-refractivity contribution is 0.523. The molecular weight excluding hydrogens is 262 g/mol. The summed E-state index contributed by atoms with van der Waals surface area (Å²) in [5, 5.41) is 7.09. The molecule has 21 heavy (non-hydrogen) atoms. The number of pyridine rings is 1. The van der Waals surface area contributed by atoms with Crippen LogP contribution < -0.4 is 10.6 Å². The first-order valence-corrected chi connectivity index (χ1v) is 7.49. The Morgan fingerprint density at radius 2 is 2.05 bits per heavy atom. The molecule has 0 amide bonds. The van der Waals surface area contributed by atoms with Gasteiger partial charge in [-0.1, -0.05) is 0 Å². The molecule has 1 spiro atoms. The van der Waals surface area contributed by atoms with Crippen molar-refractivity contribution in [1.82, 2.24) is 20.3 Å². The first-order valence-electron chi connectivity index (χ1n) is 7.49. The van der Waals surface area contributed by atoms with Crippen molar-refractivity contribution in [2.75, 3.05) is 18.4 Å². The number of aromatic nitrogens is 3. The number of nitrogens with zero attached hydrogens (tertiary/aromatic N) is 3. The molecule has 1 aliphatic heterocycles. The summed E-state index contributed by atoms with van der Waals surface area (Å²) in [4.78, 5) is 13.3. The molecular formula is C16H19N5. The zero-order valence-corrected chi connectivity index (χ0v) is 12.1. The fraction of sp³-hybridized carbons (Fsp3) is 0.438. The molecule has 1 aliphatic carbocycles. The third kappa shape index (κ3) is 2.27. The lowest BCUT2D eigenvalue weighted by Gasteiger charge is -2.20. The van der Waals surface area contributed by atoms with Crippen LogP contribution in [0.3, 0.4) is 0 Å². The molecule has 1 saturated heterocycles. The normalized spacial score (nSPS) is 22.4. The summed E-state index contributed by atoms with van der Waals surface area (Å²) in [6.45, 7) is 4.18. The van der Waals surface area contributed by atoms with Crippen molar-refractivity contribution < 1.29 is 0 Å². The fourth-order valence-corrected chi connectivity index (χ4v) is 3.19. The average Bonchev–Trinajstić information content (AvgIpc) is 3.18. The van der Waals surface area contributed by atoms with Crippen LogP contribution in [-0.4, -0.2) is 34.1 Å². The summed E-state index contributed by atoms with van der Waals surface area (Å²) in [5.74, 6) is 1.68. The summed E-state index contributed by atoms with van der Waals surface area (Å²) >= 11 is 0. The number of hydrogen-bond acceptors (Lipinski definition) is 5. The molecule has 1 saturated carbocycles. The van der Waals surface area contributed by atoms with Crippen molar-refractivity contribution in [2.45, 2.75) is 25.8 Å². The van der Waals surface area contributed by atoms with Crippen molar-refractivity contribution >= 4 is 5.82 Å². The summed E-state index contributed by atoms with van der Waals surface area (Å²) < 4.78 is 0. The summed E-state index contributed by atoms with van der Waals surface area (Å²) in [6, 6.07) is 6.42. The maximum atomic E-state index is 4.69. The van der Waals surface area contributed by atoms with Crippen LogP contribution in [0.5, 0.6) is 0 Å². The molecule has 2 fully saturated rings. The monoisotopic (exact) mass is 281 g/mol. The van der Waals surface area contributed by atoms with Gasteiger partial charge < -0.3 is 10.6 Å². The van der Waals surface area contributed by atoms with Gasteiger partial charge in [0.2, 0.25) is 0 Å². The molecule has 2 aliphatic rings. The zero-order valence-electron chi connectivity index (χ0n) is 12.1. The molecule has 3 heterocycles. The Labute approximate surface area is 124 Å². The number of rotatable bonds is 3. The highest BCUT2D eigenvalue weighted by Crippen LogP contribution is 2.51.